The van der Waals surface area contributed by atoms with Gasteiger partial charge in [-0.05, 0) is 17.5 Å². The summed E-state index contributed by atoms with van der Waals surface area (Å²) in [4.78, 5) is 2.14. The first-order chi connectivity index (χ1) is 7.21. The molecule has 0 saturated carbocycles. The lowest BCUT2D eigenvalue weighted by molar-refractivity contribution is 0.581. The normalized spacial score (nSPS) is 13.2. The van der Waals surface area contributed by atoms with Gasteiger partial charge in [-0.25, -0.2) is 0 Å². The Hall–Kier alpha value is -0.590. The van der Waals surface area contributed by atoms with Crippen molar-refractivity contribution in [2.24, 2.45) is 10.5 Å². The largest absolute Gasteiger partial charge is 0.286 e. The molecule has 0 aliphatic heterocycles. The van der Waals surface area contributed by atoms with E-state index in [4.69, 9.17) is 11.6 Å². The van der Waals surface area contributed by atoms with Gasteiger partial charge in [0.1, 0.15) is 4.21 Å². The first-order valence-corrected chi connectivity index (χ1v) is 7.20. The van der Waals surface area contributed by atoms with E-state index in [1.165, 1.54) is 12.1 Å². The van der Waals surface area contributed by atoms with Crippen LogP contribution in [0.4, 0.5) is 0 Å². The van der Waals surface area contributed by atoms with E-state index in [0.29, 0.717) is 4.34 Å². The van der Waals surface area contributed by atoms with E-state index in [-0.39, 0.29) is 9.62 Å². The van der Waals surface area contributed by atoms with E-state index in [1.54, 1.807) is 6.21 Å². The Kier molecular flexibility index (Phi) is 3.98. The minimum atomic E-state index is -3.58. The lowest BCUT2D eigenvalue weighted by atomic mass is 9.99. The molecule has 1 aromatic rings. The zero-order valence-electron chi connectivity index (χ0n) is 9.19. The molecule has 1 N–H and O–H groups in total. The monoisotopic (exact) mass is 280 g/mol. The predicted molar refractivity (Wildman–Crippen MR) is 67.6 cm³/mol. The Morgan fingerprint density at radius 2 is 2.06 bits per heavy atom. The van der Waals surface area contributed by atoms with Crippen LogP contribution in [0.2, 0.25) is 4.34 Å². The van der Waals surface area contributed by atoms with Crippen LogP contribution in [-0.4, -0.2) is 14.6 Å². The van der Waals surface area contributed by atoms with Gasteiger partial charge >= 0.3 is 0 Å². The molecule has 0 radical (unpaired) electrons. The molecule has 0 atom stereocenters. The third-order valence-corrected chi connectivity index (χ3v) is 4.38. The minimum Gasteiger partial charge on any atom is -0.200 e. The van der Waals surface area contributed by atoms with Crippen molar-refractivity contribution >= 4 is 39.2 Å². The van der Waals surface area contributed by atoms with Crippen LogP contribution >= 0.6 is 22.9 Å². The molecule has 1 rings (SSSR count). The molecule has 7 heteroatoms. The molecule has 16 heavy (non-hydrogen) atoms. The van der Waals surface area contributed by atoms with Crippen LogP contribution in [0, 0.1) is 5.41 Å². The highest BCUT2D eigenvalue weighted by Gasteiger charge is 2.15. The molecule has 1 aromatic heterocycles. The highest BCUT2D eigenvalue weighted by molar-refractivity contribution is 7.91. The highest BCUT2D eigenvalue weighted by atomic mass is 35.5. The SMILES string of the molecule is CC(C)(C)/C=N\NS(=O)(=O)c1ccc(Cl)s1. The second kappa shape index (κ2) is 4.73. The van der Waals surface area contributed by atoms with Crippen LogP contribution in [0.25, 0.3) is 0 Å². The highest BCUT2D eigenvalue weighted by Crippen LogP contribution is 2.25. The quantitative estimate of drug-likeness (QED) is 0.684. The Morgan fingerprint density at radius 1 is 1.44 bits per heavy atom. The van der Waals surface area contributed by atoms with Crippen LogP contribution in [0.15, 0.2) is 21.4 Å². The van der Waals surface area contributed by atoms with E-state index < -0.39 is 10.0 Å². The third kappa shape index (κ3) is 4.11. The number of rotatable bonds is 3. The first-order valence-electron chi connectivity index (χ1n) is 4.52. The summed E-state index contributed by atoms with van der Waals surface area (Å²) in [6.45, 7) is 5.77. The summed E-state index contributed by atoms with van der Waals surface area (Å²) in [6, 6.07) is 2.98. The van der Waals surface area contributed by atoms with Crippen molar-refractivity contribution in [3.8, 4) is 0 Å². The number of hydrogen-bond acceptors (Lipinski definition) is 4. The maximum Gasteiger partial charge on any atom is 0.286 e. The van der Waals surface area contributed by atoms with Gasteiger partial charge in [0.25, 0.3) is 10.0 Å². The van der Waals surface area contributed by atoms with Gasteiger partial charge in [-0.15, -0.1) is 11.3 Å². The smallest absolute Gasteiger partial charge is 0.200 e. The summed E-state index contributed by atoms with van der Waals surface area (Å²) < 4.78 is 23.9. The van der Waals surface area contributed by atoms with Crippen LogP contribution < -0.4 is 4.83 Å². The van der Waals surface area contributed by atoms with Crippen molar-refractivity contribution in [1.82, 2.24) is 4.83 Å². The summed E-state index contributed by atoms with van der Waals surface area (Å²) in [5, 5.41) is 3.70. The van der Waals surface area contributed by atoms with Crippen molar-refractivity contribution < 1.29 is 8.42 Å². The lowest BCUT2D eigenvalue weighted by Gasteiger charge is -2.09. The molecule has 4 nitrogen and oxygen atoms in total. The van der Waals surface area contributed by atoms with E-state index in [2.05, 4.69) is 9.93 Å². The van der Waals surface area contributed by atoms with Gasteiger partial charge in [-0.2, -0.15) is 18.4 Å². The first kappa shape index (κ1) is 13.5. The second-order valence-electron chi connectivity index (χ2n) is 4.28. The van der Waals surface area contributed by atoms with Crippen molar-refractivity contribution in [3.63, 3.8) is 0 Å². The number of nitrogens with one attached hydrogen (secondary N) is 1. The van der Waals surface area contributed by atoms with Gasteiger partial charge in [0.15, 0.2) is 0 Å². The molecule has 0 amide bonds. The Labute approximate surface area is 104 Å². The fraction of sp³-hybridized carbons (Fsp3) is 0.444. The Balaban J connectivity index is 2.78. The van der Waals surface area contributed by atoms with Crippen LogP contribution in [0.5, 0.6) is 0 Å². The molecular weight excluding hydrogens is 268 g/mol. The fourth-order valence-electron chi connectivity index (χ4n) is 0.777. The van der Waals surface area contributed by atoms with Crippen molar-refractivity contribution in [3.05, 3.63) is 16.5 Å². The summed E-state index contributed by atoms with van der Waals surface area (Å²) in [5.41, 5.74) is -0.171. The number of sulfonamides is 1. The van der Waals surface area contributed by atoms with Gasteiger partial charge < -0.3 is 0 Å². The molecule has 0 fully saturated rings. The summed E-state index contributed by atoms with van der Waals surface area (Å²) in [6.07, 6.45) is 1.54. The second-order valence-corrected chi connectivity index (χ2v) is 7.88. The number of halogens is 1. The van der Waals surface area contributed by atoms with Crippen molar-refractivity contribution in [2.45, 2.75) is 25.0 Å². The molecule has 0 bridgehead atoms. The fourth-order valence-corrected chi connectivity index (χ4v) is 3.04. The van der Waals surface area contributed by atoms with Gasteiger partial charge in [0.2, 0.25) is 0 Å². The van der Waals surface area contributed by atoms with Gasteiger partial charge in [0, 0.05) is 6.21 Å². The summed E-state index contributed by atoms with van der Waals surface area (Å²) >= 11 is 6.65. The average Bonchev–Trinajstić information content (AvgIpc) is 2.49. The van der Waals surface area contributed by atoms with E-state index in [0.717, 1.165) is 11.3 Å². The molecular formula is C9H13ClN2O2S2. The molecule has 0 aromatic carbocycles. The number of hydrogen-bond donors (Lipinski definition) is 1. The minimum absolute atomic E-state index is 0.156. The van der Waals surface area contributed by atoms with Crippen LogP contribution in [0.3, 0.4) is 0 Å². The number of hydrazone groups is 1. The summed E-state index contributed by atoms with van der Waals surface area (Å²) in [5.74, 6) is 0. The molecule has 1 heterocycles. The van der Waals surface area contributed by atoms with Crippen molar-refractivity contribution in [2.75, 3.05) is 0 Å². The van der Waals surface area contributed by atoms with E-state index in [9.17, 15) is 8.42 Å². The molecule has 0 saturated heterocycles. The topological polar surface area (TPSA) is 58.5 Å². The summed E-state index contributed by atoms with van der Waals surface area (Å²) in [7, 11) is -3.58. The van der Waals surface area contributed by atoms with Crippen LogP contribution in [0.1, 0.15) is 20.8 Å². The zero-order valence-corrected chi connectivity index (χ0v) is 11.6. The standard InChI is InChI=1S/C9H13ClN2O2S2/c1-9(2,3)6-11-12-16(13,14)8-5-4-7(10)15-8/h4-6,12H,1-3H3/b11-6-. The molecule has 90 valence electrons. The molecule has 0 spiro atoms. The molecule has 0 aliphatic carbocycles. The molecule has 0 aliphatic rings. The van der Waals surface area contributed by atoms with Gasteiger partial charge in [-0.1, -0.05) is 32.4 Å². The number of thiophene rings is 1. The maximum atomic E-state index is 11.7. The molecule has 0 unspecified atom stereocenters. The van der Waals surface area contributed by atoms with E-state index in [1.807, 2.05) is 20.8 Å². The maximum absolute atomic E-state index is 11.7. The zero-order chi connectivity index (χ0) is 12.4. The van der Waals surface area contributed by atoms with Crippen molar-refractivity contribution in [1.29, 1.82) is 0 Å². The average molecular weight is 281 g/mol. The van der Waals surface area contributed by atoms with Gasteiger partial charge in [-0.3, -0.25) is 0 Å². The van der Waals surface area contributed by atoms with Crippen LogP contribution in [-0.2, 0) is 10.0 Å². The Morgan fingerprint density at radius 3 is 2.50 bits per heavy atom. The predicted octanol–water partition coefficient (Wildman–Crippen LogP) is 2.71. The van der Waals surface area contributed by atoms with Gasteiger partial charge in [0.05, 0.1) is 4.34 Å². The Bertz CT molecular complexity index is 486. The lowest BCUT2D eigenvalue weighted by Crippen LogP contribution is -2.19. The third-order valence-electron chi connectivity index (χ3n) is 1.44. The van der Waals surface area contributed by atoms with E-state index >= 15 is 0 Å². The number of nitrogens with zero attached hydrogens (tertiary/aromatic N) is 1.